The largest absolute Gasteiger partial charge is 0.573 e. The molecule has 1 saturated carbocycles. The van der Waals surface area contributed by atoms with E-state index < -0.39 is 11.8 Å². The van der Waals surface area contributed by atoms with Crippen molar-refractivity contribution in [2.45, 2.75) is 25.1 Å². The standard InChI is InChI=1S/C12H10F3NO2/c1-6-5-11(6)7-3-2-4-8(18-12(13,14)15)9(7)16-10(11)17/h2-4,6H,5H2,1H3,(H,16,17). The van der Waals surface area contributed by atoms with Gasteiger partial charge in [-0.2, -0.15) is 0 Å². The van der Waals surface area contributed by atoms with Crippen molar-refractivity contribution in [1.82, 2.24) is 0 Å². The van der Waals surface area contributed by atoms with Crippen LogP contribution in [0.1, 0.15) is 18.9 Å². The summed E-state index contributed by atoms with van der Waals surface area (Å²) in [5.74, 6) is -0.424. The molecule has 3 rings (SSSR count). The van der Waals surface area contributed by atoms with E-state index in [1.54, 1.807) is 6.07 Å². The molecule has 1 aromatic carbocycles. The molecule has 6 heteroatoms. The van der Waals surface area contributed by atoms with Gasteiger partial charge in [-0.15, -0.1) is 13.2 Å². The molecule has 1 heterocycles. The topological polar surface area (TPSA) is 38.3 Å². The first kappa shape index (κ1) is 11.4. The molecule has 1 aliphatic carbocycles. The zero-order chi connectivity index (χ0) is 13.1. The molecule has 3 nitrogen and oxygen atoms in total. The molecule has 0 bridgehead atoms. The molecule has 1 N–H and O–H groups in total. The fraction of sp³-hybridized carbons (Fsp3) is 0.417. The number of fused-ring (bicyclic) bond motifs is 2. The lowest BCUT2D eigenvalue weighted by molar-refractivity contribution is -0.274. The van der Waals surface area contributed by atoms with E-state index in [9.17, 15) is 18.0 Å². The lowest BCUT2D eigenvalue weighted by Crippen LogP contribution is -2.20. The number of carbonyl (C=O) groups excluding carboxylic acids is 1. The van der Waals surface area contributed by atoms with E-state index in [1.807, 2.05) is 6.92 Å². The summed E-state index contributed by atoms with van der Waals surface area (Å²) in [7, 11) is 0. The van der Waals surface area contributed by atoms with Gasteiger partial charge < -0.3 is 10.1 Å². The third kappa shape index (κ3) is 1.41. The number of amides is 1. The molecule has 1 aromatic rings. The normalized spacial score (nSPS) is 29.1. The summed E-state index contributed by atoms with van der Waals surface area (Å²) in [6, 6.07) is 4.37. The summed E-state index contributed by atoms with van der Waals surface area (Å²) in [4.78, 5) is 11.9. The lowest BCUT2D eigenvalue weighted by Gasteiger charge is -2.12. The van der Waals surface area contributed by atoms with E-state index in [4.69, 9.17) is 0 Å². The minimum Gasteiger partial charge on any atom is -0.404 e. The van der Waals surface area contributed by atoms with Crippen molar-refractivity contribution in [3.63, 3.8) is 0 Å². The maximum Gasteiger partial charge on any atom is 0.573 e. The summed E-state index contributed by atoms with van der Waals surface area (Å²) >= 11 is 0. The number of carbonyl (C=O) groups is 1. The Morgan fingerprint density at radius 2 is 2.11 bits per heavy atom. The molecule has 0 aromatic heterocycles. The average Bonchev–Trinajstić information content (AvgIpc) is 2.82. The van der Waals surface area contributed by atoms with Gasteiger partial charge in [-0.25, -0.2) is 0 Å². The Balaban J connectivity index is 2.06. The zero-order valence-corrected chi connectivity index (χ0v) is 9.47. The molecule has 2 aliphatic rings. The van der Waals surface area contributed by atoms with E-state index in [2.05, 4.69) is 10.1 Å². The first-order chi connectivity index (χ1) is 8.34. The number of anilines is 1. The van der Waals surface area contributed by atoms with E-state index in [1.165, 1.54) is 12.1 Å². The highest BCUT2D eigenvalue weighted by Crippen LogP contribution is 2.61. The Bertz CT molecular complexity index is 541. The van der Waals surface area contributed by atoms with Gasteiger partial charge >= 0.3 is 6.36 Å². The van der Waals surface area contributed by atoms with Gasteiger partial charge in [0.2, 0.25) is 5.91 Å². The van der Waals surface area contributed by atoms with Crippen molar-refractivity contribution in [3.05, 3.63) is 23.8 Å². The number of hydrogen-bond acceptors (Lipinski definition) is 2. The number of rotatable bonds is 1. The molecule has 0 radical (unpaired) electrons. The quantitative estimate of drug-likeness (QED) is 0.840. The van der Waals surface area contributed by atoms with Gasteiger partial charge in [-0.1, -0.05) is 19.1 Å². The van der Waals surface area contributed by atoms with Crippen molar-refractivity contribution in [2.75, 3.05) is 5.32 Å². The summed E-state index contributed by atoms with van der Waals surface area (Å²) in [5, 5.41) is 2.51. The van der Waals surface area contributed by atoms with Gasteiger partial charge in [0.05, 0.1) is 11.1 Å². The van der Waals surface area contributed by atoms with Crippen molar-refractivity contribution < 1.29 is 22.7 Å². The monoisotopic (exact) mass is 257 g/mol. The molecule has 1 aliphatic heterocycles. The Morgan fingerprint density at radius 1 is 1.44 bits per heavy atom. The van der Waals surface area contributed by atoms with E-state index in [-0.39, 0.29) is 23.3 Å². The first-order valence-electron chi connectivity index (χ1n) is 5.55. The van der Waals surface area contributed by atoms with Crippen molar-refractivity contribution in [3.8, 4) is 5.75 Å². The number of hydrogen-bond donors (Lipinski definition) is 1. The summed E-state index contributed by atoms with van der Waals surface area (Å²) in [5.41, 5.74) is 0.131. The van der Waals surface area contributed by atoms with Gasteiger partial charge in [0.15, 0.2) is 5.75 Å². The summed E-state index contributed by atoms with van der Waals surface area (Å²) in [6.07, 6.45) is -4.09. The summed E-state index contributed by atoms with van der Waals surface area (Å²) < 4.78 is 40.7. The number of nitrogens with one attached hydrogen (secondary N) is 1. The molecule has 1 spiro atoms. The Hall–Kier alpha value is -1.72. The molecule has 0 saturated heterocycles. The highest BCUT2D eigenvalue weighted by atomic mass is 19.4. The van der Waals surface area contributed by atoms with Crippen LogP contribution in [0.4, 0.5) is 18.9 Å². The van der Waals surface area contributed by atoms with Crippen molar-refractivity contribution >= 4 is 11.6 Å². The minimum atomic E-state index is -4.76. The highest BCUT2D eigenvalue weighted by molar-refractivity contribution is 6.10. The number of alkyl halides is 3. The van der Waals surface area contributed by atoms with Crippen LogP contribution in [0.5, 0.6) is 5.75 Å². The molecule has 2 atom stereocenters. The van der Waals surface area contributed by atoms with Gasteiger partial charge in [-0.3, -0.25) is 4.79 Å². The van der Waals surface area contributed by atoms with Gasteiger partial charge in [0.25, 0.3) is 0 Å². The Kier molecular flexibility index (Phi) is 2.01. The fourth-order valence-electron chi connectivity index (χ4n) is 2.70. The van der Waals surface area contributed by atoms with Crippen LogP contribution in [-0.4, -0.2) is 12.3 Å². The predicted molar refractivity (Wildman–Crippen MR) is 57.2 cm³/mol. The second-order valence-electron chi connectivity index (χ2n) is 4.76. The van der Waals surface area contributed by atoms with Crippen LogP contribution in [0, 0.1) is 5.92 Å². The second-order valence-corrected chi connectivity index (χ2v) is 4.76. The predicted octanol–water partition coefficient (Wildman–Crippen LogP) is 2.81. The van der Waals surface area contributed by atoms with Crippen LogP contribution in [0.3, 0.4) is 0 Å². The molecule has 2 unspecified atom stereocenters. The van der Waals surface area contributed by atoms with Crippen LogP contribution < -0.4 is 10.1 Å². The molecule has 1 fully saturated rings. The lowest BCUT2D eigenvalue weighted by atomic mass is 9.95. The Labute approximate surface area is 101 Å². The van der Waals surface area contributed by atoms with Gasteiger partial charge in [0.1, 0.15) is 0 Å². The van der Waals surface area contributed by atoms with Crippen LogP contribution >= 0.6 is 0 Å². The van der Waals surface area contributed by atoms with Crippen LogP contribution in [-0.2, 0) is 10.2 Å². The smallest absolute Gasteiger partial charge is 0.404 e. The Morgan fingerprint density at radius 3 is 2.67 bits per heavy atom. The van der Waals surface area contributed by atoms with Gasteiger partial charge in [-0.05, 0) is 24.0 Å². The molecular weight excluding hydrogens is 247 g/mol. The first-order valence-corrected chi connectivity index (χ1v) is 5.55. The average molecular weight is 257 g/mol. The number of benzene rings is 1. The third-order valence-electron chi connectivity index (χ3n) is 3.69. The minimum absolute atomic E-state index is 0.153. The number of ether oxygens (including phenoxy) is 1. The second kappa shape index (κ2) is 3.18. The molecule has 1 amide bonds. The van der Waals surface area contributed by atoms with E-state index in [0.717, 1.165) is 0 Å². The van der Waals surface area contributed by atoms with Gasteiger partial charge in [0, 0.05) is 0 Å². The highest BCUT2D eigenvalue weighted by Gasteiger charge is 2.63. The number of para-hydroxylation sites is 1. The maximum absolute atomic E-state index is 12.3. The van der Waals surface area contributed by atoms with Crippen molar-refractivity contribution in [2.24, 2.45) is 5.92 Å². The fourth-order valence-corrected chi connectivity index (χ4v) is 2.70. The van der Waals surface area contributed by atoms with Crippen LogP contribution in [0.15, 0.2) is 18.2 Å². The zero-order valence-electron chi connectivity index (χ0n) is 9.47. The van der Waals surface area contributed by atoms with E-state index in [0.29, 0.717) is 12.0 Å². The third-order valence-corrected chi connectivity index (χ3v) is 3.69. The molecular formula is C12H10F3NO2. The molecule has 96 valence electrons. The molecule has 18 heavy (non-hydrogen) atoms. The van der Waals surface area contributed by atoms with Crippen molar-refractivity contribution in [1.29, 1.82) is 0 Å². The summed E-state index contributed by atoms with van der Waals surface area (Å²) in [6.45, 7) is 1.91. The number of halogens is 3. The van der Waals surface area contributed by atoms with E-state index >= 15 is 0 Å². The SMILES string of the molecule is CC1CC12C(=O)Nc1c(OC(F)(F)F)cccc12. The maximum atomic E-state index is 12.3. The van der Waals surface area contributed by atoms with Crippen LogP contribution in [0.2, 0.25) is 0 Å². The van der Waals surface area contributed by atoms with Crippen LogP contribution in [0.25, 0.3) is 0 Å².